The Balaban J connectivity index is 1.34. The molecule has 124 valence electrons. The number of carbonyl (C=O) groups is 1. The minimum absolute atomic E-state index is 0.0308. The minimum atomic E-state index is 0.0308. The second-order valence-electron chi connectivity index (χ2n) is 8.13. The van der Waals surface area contributed by atoms with Crippen molar-refractivity contribution in [3.05, 3.63) is 35.9 Å². The number of rotatable bonds is 5. The topological polar surface area (TPSA) is 29.1 Å². The van der Waals surface area contributed by atoms with Crippen molar-refractivity contribution < 1.29 is 4.79 Å². The van der Waals surface area contributed by atoms with E-state index in [0.29, 0.717) is 0 Å². The molecule has 23 heavy (non-hydrogen) atoms. The largest absolute Gasteiger partial charge is 0.350 e. The summed E-state index contributed by atoms with van der Waals surface area (Å²) in [6.45, 7) is 2.06. The average molecular weight is 330 g/mol. The van der Waals surface area contributed by atoms with Crippen molar-refractivity contribution in [2.24, 2.45) is 17.8 Å². The van der Waals surface area contributed by atoms with Crippen LogP contribution in [0.2, 0.25) is 0 Å². The van der Waals surface area contributed by atoms with Crippen LogP contribution in [0.4, 0.5) is 0 Å². The van der Waals surface area contributed by atoms with Gasteiger partial charge < -0.3 is 5.32 Å². The zero-order chi connectivity index (χ0) is 15.9. The predicted octanol–water partition coefficient (Wildman–Crippen LogP) is 4.39. The van der Waals surface area contributed by atoms with Gasteiger partial charge in [-0.3, -0.25) is 4.79 Å². The lowest BCUT2D eigenvalue weighted by Gasteiger charge is -2.57. The molecule has 4 fully saturated rings. The smallest absolute Gasteiger partial charge is 0.233 e. The predicted molar refractivity (Wildman–Crippen MR) is 96.2 cm³/mol. The molecule has 1 atom stereocenters. The normalized spacial score (nSPS) is 36.0. The molecule has 1 aromatic rings. The van der Waals surface area contributed by atoms with Gasteiger partial charge in [0.05, 0.1) is 5.25 Å². The highest BCUT2D eigenvalue weighted by atomic mass is 32.2. The van der Waals surface area contributed by atoms with Gasteiger partial charge in [0.1, 0.15) is 0 Å². The molecule has 0 unspecified atom stereocenters. The first kappa shape index (κ1) is 15.6. The Kier molecular flexibility index (Phi) is 4.17. The van der Waals surface area contributed by atoms with Crippen molar-refractivity contribution in [3.8, 4) is 0 Å². The minimum Gasteiger partial charge on any atom is -0.350 e. The van der Waals surface area contributed by atoms with Crippen LogP contribution >= 0.6 is 11.8 Å². The Morgan fingerprint density at radius 3 is 2.26 bits per heavy atom. The fraction of sp³-hybridized carbons (Fsp3) is 0.650. The molecule has 0 aliphatic heterocycles. The zero-order valence-electron chi connectivity index (χ0n) is 14.0. The molecule has 3 heteroatoms. The van der Waals surface area contributed by atoms with Crippen LogP contribution in [0.15, 0.2) is 30.3 Å². The lowest BCUT2D eigenvalue weighted by Crippen LogP contribution is -2.60. The van der Waals surface area contributed by atoms with Crippen molar-refractivity contribution >= 4 is 17.7 Å². The SMILES string of the molecule is C[C@H](SCc1ccccc1)C(=O)NC12CC3CC(CC(C3)C1)C2. The van der Waals surface area contributed by atoms with Gasteiger partial charge in [0.25, 0.3) is 0 Å². The van der Waals surface area contributed by atoms with E-state index >= 15 is 0 Å². The quantitative estimate of drug-likeness (QED) is 0.868. The summed E-state index contributed by atoms with van der Waals surface area (Å²) in [5.41, 5.74) is 1.44. The molecule has 0 aromatic heterocycles. The van der Waals surface area contributed by atoms with Gasteiger partial charge in [-0.2, -0.15) is 0 Å². The summed E-state index contributed by atoms with van der Waals surface area (Å²) in [7, 11) is 0. The monoisotopic (exact) mass is 329 g/mol. The molecule has 4 bridgehead atoms. The number of benzene rings is 1. The van der Waals surface area contributed by atoms with Crippen LogP contribution in [0.3, 0.4) is 0 Å². The van der Waals surface area contributed by atoms with Gasteiger partial charge in [-0.25, -0.2) is 0 Å². The summed E-state index contributed by atoms with van der Waals surface area (Å²) in [4.78, 5) is 12.7. The maximum Gasteiger partial charge on any atom is 0.233 e. The highest BCUT2D eigenvalue weighted by Gasteiger charge is 2.51. The van der Waals surface area contributed by atoms with Gasteiger partial charge >= 0.3 is 0 Å². The van der Waals surface area contributed by atoms with Crippen LogP contribution in [0, 0.1) is 17.8 Å². The first-order valence-corrected chi connectivity index (χ1v) is 10.1. The fourth-order valence-corrected chi connectivity index (χ4v) is 6.34. The van der Waals surface area contributed by atoms with E-state index < -0.39 is 0 Å². The van der Waals surface area contributed by atoms with Crippen molar-refractivity contribution in [3.63, 3.8) is 0 Å². The molecule has 0 saturated heterocycles. The van der Waals surface area contributed by atoms with Gasteiger partial charge in [0.15, 0.2) is 0 Å². The third-order valence-electron chi connectivity index (χ3n) is 6.14. The summed E-state index contributed by atoms with van der Waals surface area (Å²) >= 11 is 1.75. The van der Waals surface area contributed by atoms with Crippen molar-refractivity contribution in [1.29, 1.82) is 0 Å². The Morgan fingerprint density at radius 1 is 1.13 bits per heavy atom. The van der Waals surface area contributed by atoms with E-state index in [1.807, 2.05) is 6.07 Å². The lowest BCUT2D eigenvalue weighted by molar-refractivity contribution is -0.126. The second kappa shape index (κ2) is 6.16. The summed E-state index contributed by atoms with van der Waals surface area (Å²) in [5, 5.41) is 3.53. The van der Waals surface area contributed by atoms with Gasteiger partial charge in [0, 0.05) is 11.3 Å². The standard InChI is InChI=1S/C20H27NOS/c1-14(23-13-15-5-3-2-4-6-15)19(22)21-20-10-16-7-17(11-20)9-18(8-16)12-20/h2-6,14,16-18H,7-13H2,1H3,(H,21,22)/t14-,16?,17?,18?,20?/m0/s1. The van der Waals surface area contributed by atoms with Crippen LogP contribution in [-0.2, 0) is 10.5 Å². The lowest BCUT2D eigenvalue weighted by atomic mass is 9.53. The Bertz CT molecular complexity index is 535. The third kappa shape index (κ3) is 3.31. The molecule has 2 nitrogen and oxygen atoms in total. The maximum atomic E-state index is 12.7. The average Bonchev–Trinajstić information content (AvgIpc) is 2.51. The molecule has 5 rings (SSSR count). The first-order valence-electron chi connectivity index (χ1n) is 9.09. The summed E-state index contributed by atoms with van der Waals surface area (Å²) in [6, 6.07) is 10.4. The Hall–Kier alpha value is -0.960. The molecular weight excluding hydrogens is 302 g/mol. The van der Waals surface area contributed by atoms with E-state index in [1.165, 1.54) is 44.1 Å². The van der Waals surface area contributed by atoms with Crippen LogP contribution in [0.1, 0.15) is 51.0 Å². The fourth-order valence-electron chi connectivity index (χ4n) is 5.50. The van der Waals surface area contributed by atoms with Gasteiger partial charge in [-0.1, -0.05) is 30.3 Å². The maximum absolute atomic E-state index is 12.7. The Morgan fingerprint density at radius 2 is 1.70 bits per heavy atom. The van der Waals surface area contributed by atoms with E-state index in [0.717, 1.165) is 23.5 Å². The zero-order valence-corrected chi connectivity index (χ0v) is 14.8. The van der Waals surface area contributed by atoms with Gasteiger partial charge in [0.2, 0.25) is 5.91 Å². The number of hydrogen-bond donors (Lipinski definition) is 1. The van der Waals surface area contributed by atoms with E-state index in [9.17, 15) is 4.79 Å². The van der Waals surface area contributed by atoms with Crippen molar-refractivity contribution in [2.75, 3.05) is 0 Å². The molecule has 1 aromatic carbocycles. The number of thioether (sulfide) groups is 1. The van der Waals surface area contributed by atoms with Crippen molar-refractivity contribution in [2.45, 2.75) is 62.0 Å². The van der Waals surface area contributed by atoms with Crippen LogP contribution in [0.25, 0.3) is 0 Å². The first-order chi connectivity index (χ1) is 11.1. The van der Waals surface area contributed by atoms with Crippen molar-refractivity contribution in [1.82, 2.24) is 5.32 Å². The molecule has 0 heterocycles. The molecular formula is C20H27NOS. The highest BCUT2D eigenvalue weighted by molar-refractivity contribution is 7.99. The van der Waals surface area contributed by atoms with E-state index in [1.54, 1.807) is 11.8 Å². The molecule has 0 radical (unpaired) electrons. The number of carbonyl (C=O) groups excluding carboxylic acids is 1. The van der Waals surface area contributed by atoms with E-state index in [4.69, 9.17) is 0 Å². The summed E-state index contributed by atoms with van der Waals surface area (Å²) < 4.78 is 0. The Labute approximate surface area is 143 Å². The highest BCUT2D eigenvalue weighted by Crippen LogP contribution is 2.55. The molecule has 1 N–H and O–H groups in total. The van der Waals surface area contributed by atoms with Crippen LogP contribution in [0.5, 0.6) is 0 Å². The second-order valence-corrected chi connectivity index (χ2v) is 9.46. The molecule has 4 aliphatic rings. The number of amides is 1. The van der Waals surface area contributed by atoms with Crippen LogP contribution in [-0.4, -0.2) is 16.7 Å². The summed E-state index contributed by atoms with van der Waals surface area (Å²) in [6.07, 6.45) is 7.98. The molecule has 0 spiro atoms. The third-order valence-corrected chi connectivity index (χ3v) is 7.35. The molecule has 4 saturated carbocycles. The van der Waals surface area contributed by atoms with Gasteiger partial charge in [-0.15, -0.1) is 11.8 Å². The van der Waals surface area contributed by atoms with Gasteiger partial charge in [-0.05, 0) is 68.8 Å². The molecule has 4 aliphatic carbocycles. The summed E-state index contributed by atoms with van der Waals surface area (Å²) in [5.74, 6) is 3.82. The van der Waals surface area contributed by atoms with Crippen LogP contribution < -0.4 is 5.32 Å². The van der Waals surface area contributed by atoms with E-state index in [2.05, 4.69) is 36.5 Å². The number of hydrogen-bond acceptors (Lipinski definition) is 2. The van der Waals surface area contributed by atoms with E-state index in [-0.39, 0.29) is 16.7 Å². The molecule has 1 amide bonds. The number of nitrogens with one attached hydrogen (secondary N) is 1.